The molecule has 0 saturated heterocycles. The van der Waals surface area contributed by atoms with Gasteiger partial charge in [-0.2, -0.15) is 5.10 Å². The van der Waals surface area contributed by atoms with E-state index in [9.17, 15) is 14.7 Å². The first-order chi connectivity index (χ1) is 19.9. The molecule has 4 aromatic heterocycles. The molecule has 3 amide bonds. The lowest BCUT2D eigenvalue weighted by molar-refractivity contribution is -0.117. The third-order valence-corrected chi connectivity index (χ3v) is 8.35. The van der Waals surface area contributed by atoms with Crippen LogP contribution in [0.2, 0.25) is 0 Å². The number of urea groups is 1. The van der Waals surface area contributed by atoms with Gasteiger partial charge in [-0.05, 0) is 44.0 Å². The molecule has 1 saturated carbocycles. The van der Waals surface area contributed by atoms with Gasteiger partial charge >= 0.3 is 6.03 Å². The van der Waals surface area contributed by atoms with Crippen molar-refractivity contribution in [3.63, 3.8) is 0 Å². The number of amides is 3. The molecule has 4 aromatic rings. The molecule has 13 heteroatoms. The molecular formula is C28H28N8O4S. The monoisotopic (exact) mass is 572 g/mol. The van der Waals surface area contributed by atoms with E-state index in [1.807, 2.05) is 0 Å². The third kappa shape index (κ3) is 5.22. The molecule has 1 aliphatic heterocycles. The van der Waals surface area contributed by atoms with Crippen LogP contribution >= 0.6 is 11.3 Å². The SMILES string of the molecule is C=CC(=O)N[C@H]1CCCC[C@H]1NC(O)c1sc2nccc3c2c1NC(=O)N3c1ccc(Oc2cccnn2)nc1C. The number of aliphatic hydroxyl groups is 1. The van der Waals surface area contributed by atoms with Gasteiger partial charge in [-0.3, -0.25) is 15.0 Å². The highest BCUT2D eigenvalue weighted by atomic mass is 32.1. The fraction of sp³-hybridized carbons (Fsp3) is 0.286. The van der Waals surface area contributed by atoms with Crippen LogP contribution in [0.5, 0.6) is 11.8 Å². The van der Waals surface area contributed by atoms with Crippen molar-refractivity contribution in [2.75, 3.05) is 10.2 Å². The number of pyridine rings is 2. The van der Waals surface area contributed by atoms with E-state index in [1.165, 1.54) is 17.4 Å². The number of carbonyl (C=O) groups is 2. The summed E-state index contributed by atoms with van der Waals surface area (Å²) in [6, 6.07) is 7.92. The summed E-state index contributed by atoms with van der Waals surface area (Å²) in [5, 5.41) is 29.0. The summed E-state index contributed by atoms with van der Waals surface area (Å²) >= 11 is 1.31. The highest BCUT2D eigenvalue weighted by Gasteiger charge is 2.35. The molecule has 0 spiro atoms. The first kappa shape index (κ1) is 26.7. The maximum atomic E-state index is 13.6. The second-order valence-electron chi connectivity index (χ2n) is 9.81. The summed E-state index contributed by atoms with van der Waals surface area (Å²) in [7, 11) is 0. The zero-order valence-corrected chi connectivity index (χ0v) is 23.0. The molecule has 2 aliphatic rings. The predicted molar refractivity (Wildman–Crippen MR) is 154 cm³/mol. The summed E-state index contributed by atoms with van der Waals surface area (Å²) in [6.07, 6.45) is 6.95. The molecule has 210 valence electrons. The van der Waals surface area contributed by atoms with E-state index in [0.29, 0.717) is 44.2 Å². The molecule has 5 heterocycles. The minimum atomic E-state index is -1.07. The Morgan fingerprint density at radius 1 is 1.20 bits per heavy atom. The fourth-order valence-corrected chi connectivity index (χ4v) is 6.40. The Balaban J connectivity index is 1.30. The largest absolute Gasteiger partial charge is 0.419 e. The van der Waals surface area contributed by atoms with Crippen molar-refractivity contribution in [3.05, 3.63) is 66.0 Å². The zero-order valence-electron chi connectivity index (χ0n) is 22.2. The van der Waals surface area contributed by atoms with E-state index >= 15 is 0 Å². The quantitative estimate of drug-likeness (QED) is 0.177. The molecule has 6 rings (SSSR count). The standard InChI is InChI=1S/C28H28N8O4S/c1-3-20(37)32-16-7-4-5-8-17(16)33-26(38)25-24-23-19(12-14-29-27(23)41-25)36(28(39)34-24)18-10-11-21(31-15(18)2)40-22-9-6-13-30-35-22/h3,6,9-14,16-17,26,33,38H,1,4-5,7-8H2,2H3,(H,32,37)(H,34,39)/t16-,17+,26?/m0/s1. The Bertz CT molecular complexity index is 1630. The van der Waals surface area contributed by atoms with Gasteiger partial charge < -0.3 is 20.5 Å². The molecule has 1 unspecified atom stereocenters. The number of anilines is 3. The van der Waals surface area contributed by atoms with Crippen LogP contribution in [0.25, 0.3) is 10.2 Å². The lowest BCUT2D eigenvalue weighted by Gasteiger charge is -2.34. The van der Waals surface area contributed by atoms with Crippen molar-refractivity contribution >= 4 is 50.6 Å². The van der Waals surface area contributed by atoms with Gasteiger partial charge in [-0.25, -0.2) is 14.8 Å². The van der Waals surface area contributed by atoms with Crippen LogP contribution in [-0.4, -0.2) is 49.3 Å². The summed E-state index contributed by atoms with van der Waals surface area (Å²) < 4.78 is 5.69. The molecule has 0 radical (unpaired) electrons. The van der Waals surface area contributed by atoms with Crippen LogP contribution in [-0.2, 0) is 4.79 Å². The van der Waals surface area contributed by atoms with Gasteiger partial charge in [0.1, 0.15) is 11.1 Å². The number of hydrogen-bond donors (Lipinski definition) is 4. The highest BCUT2D eigenvalue weighted by molar-refractivity contribution is 7.19. The Labute approximate surface area is 239 Å². The van der Waals surface area contributed by atoms with E-state index in [4.69, 9.17) is 4.74 Å². The Kier molecular flexibility index (Phi) is 7.30. The van der Waals surface area contributed by atoms with Crippen molar-refractivity contribution < 1.29 is 19.4 Å². The highest BCUT2D eigenvalue weighted by Crippen LogP contribution is 2.47. The van der Waals surface area contributed by atoms with Gasteiger partial charge in [-0.1, -0.05) is 19.4 Å². The zero-order chi connectivity index (χ0) is 28.5. The third-order valence-electron chi connectivity index (χ3n) is 7.20. The van der Waals surface area contributed by atoms with Crippen molar-refractivity contribution in [1.29, 1.82) is 0 Å². The summed E-state index contributed by atoms with van der Waals surface area (Å²) in [5.74, 6) is 0.389. The summed E-state index contributed by atoms with van der Waals surface area (Å²) in [5.41, 5.74) is 2.29. The number of thiophene rings is 1. The van der Waals surface area contributed by atoms with Crippen LogP contribution in [0.1, 0.15) is 42.5 Å². The first-order valence-corrected chi connectivity index (χ1v) is 14.1. The average Bonchev–Trinajstić information content (AvgIpc) is 3.35. The van der Waals surface area contributed by atoms with Gasteiger partial charge in [-0.15, -0.1) is 16.4 Å². The molecule has 3 atom stereocenters. The maximum Gasteiger partial charge on any atom is 0.331 e. The van der Waals surface area contributed by atoms with Crippen molar-refractivity contribution in [2.45, 2.75) is 50.9 Å². The summed E-state index contributed by atoms with van der Waals surface area (Å²) in [6.45, 7) is 5.33. The normalized spacial score (nSPS) is 19.0. The second kappa shape index (κ2) is 11.2. The predicted octanol–water partition coefficient (Wildman–Crippen LogP) is 4.46. The van der Waals surface area contributed by atoms with Gasteiger partial charge in [0.2, 0.25) is 17.7 Å². The number of aliphatic hydroxyl groups excluding tert-OH is 1. The smallest absolute Gasteiger partial charge is 0.331 e. The average molecular weight is 573 g/mol. The van der Waals surface area contributed by atoms with Gasteiger partial charge in [0.05, 0.1) is 33.0 Å². The molecule has 4 N–H and O–H groups in total. The number of aryl methyl sites for hydroxylation is 1. The molecular weight excluding hydrogens is 544 g/mol. The minimum Gasteiger partial charge on any atom is -0.419 e. The van der Waals surface area contributed by atoms with E-state index in [-0.39, 0.29) is 18.0 Å². The van der Waals surface area contributed by atoms with Crippen LogP contribution in [0.4, 0.5) is 21.9 Å². The van der Waals surface area contributed by atoms with Crippen LogP contribution in [0, 0.1) is 6.92 Å². The van der Waals surface area contributed by atoms with Gasteiger partial charge in [0.15, 0.2) is 0 Å². The van der Waals surface area contributed by atoms with E-state index < -0.39 is 12.3 Å². The van der Waals surface area contributed by atoms with Crippen LogP contribution in [0.15, 0.2) is 55.4 Å². The minimum absolute atomic E-state index is 0.134. The summed E-state index contributed by atoms with van der Waals surface area (Å²) in [4.78, 5) is 37.3. The number of nitrogens with one attached hydrogen (secondary N) is 3. The van der Waals surface area contributed by atoms with Crippen LogP contribution < -0.4 is 25.6 Å². The molecule has 1 aliphatic carbocycles. The molecule has 0 bridgehead atoms. The number of hydrogen-bond acceptors (Lipinski definition) is 10. The number of nitrogens with zero attached hydrogens (tertiary/aromatic N) is 5. The fourth-order valence-electron chi connectivity index (χ4n) is 5.33. The van der Waals surface area contributed by atoms with Crippen molar-refractivity contribution in [2.24, 2.45) is 0 Å². The molecule has 41 heavy (non-hydrogen) atoms. The number of aromatic nitrogens is 4. The van der Waals surface area contributed by atoms with Crippen LogP contribution in [0.3, 0.4) is 0 Å². The van der Waals surface area contributed by atoms with Gasteiger partial charge in [0, 0.05) is 36.6 Å². The Hall–Kier alpha value is -4.46. The number of carbonyl (C=O) groups excluding carboxylic acids is 2. The van der Waals surface area contributed by atoms with Crippen molar-refractivity contribution in [1.82, 2.24) is 30.8 Å². The Morgan fingerprint density at radius 3 is 2.78 bits per heavy atom. The van der Waals surface area contributed by atoms with E-state index in [0.717, 1.165) is 31.1 Å². The Morgan fingerprint density at radius 2 is 2.02 bits per heavy atom. The second-order valence-corrected chi connectivity index (χ2v) is 10.8. The molecule has 12 nitrogen and oxygen atoms in total. The van der Waals surface area contributed by atoms with E-state index in [2.05, 4.69) is 42.7 Å². The number of rotatable bonds is 8. The number of ether oxygens (including phenoxy) is 1. The lowest BCUT2D eigenvalue weighted by atomic mass is 9.90. The maximum absolute atomic E-state index is 13.6. The lowest BCUT2D eigenvalue weighted by Crippen LogP contribution is -2.52. The first-order valence-electron chi connectivity index (χ1n) is 13.3. The molecule has 1 fully saturated rings. The topological polar surface area (TPSA) is 154 Å². The van der Waals surface area contributed by atoms with Crippen molar-refractivity contribution in [3.8, 4) is 11.8 Å². The molecule has 0 aromatic carbocycles. The van der Waals surface area contributed by atoms with E-state index in [1.54, 1.807) is 54.5 Å². The van der Waals surface area contributed by atoms with Gasteiger partial charge in [0.25, 0.3) is 0 Å².